The average molecular weight is 294 g/mol. The minimum absolute atomic E-state index is 0.315. The Kier molecular flexibility index (Phi) is 9.88. The summed E-state index contributed by atoms with van der Waals surface area (Å²) in [5.74, 6) is -0.677. The normalized spacial score (nSPS) is 21.4. The lowest BCUT2D eigenvalue weighted by molar-refractivity contribution is -0.137. The van der Waals surface area contributed by atoms with Crippen LogP contribution >= 0.6 is 0 Å². The lowest BCUT2D eigenvalue weighted by atomic mass is 10.1. The number of epoxide rings is 1. The largest absolute Gasteiger partial charge is 0.481 e. The van der Waals surface area contributed by atoms with Crippen molar-refractivity contribution in [2.24, 2.45) is 0 Å². The van der Waals surface area contributed by atoms with Crippen molar-refractivity contribution < 1.29 is 14.6 Å². The van der Waals surface area contributed by atoms with Crippen molar-refractivity contribution in [2.75, 3.05) is 0 Å². The fourth-order valence-corrected chi connectivity index (χ4v) is 2.41. The molecule has 1 aliphatic rings. The Morgan fingerprint density at radius 2 is 1.57 bits per heavy atom. The molecule has 0 unspecified atom stereocenters. The molecule has 1 saturated heterocycles. The van der Waals surface area contributed by atoms with E-state index >= 15 is 0 Å². The first-order chi connectivity index (χ1) is 10.2. The third kappa shape index (κ3) is 10.3. The molecule has 1 N–H and O–H groups in total. The fraction of sp³-hybridized carbons (Fsp3) is 0.722. The van der Waals surface area contributed by atoms with Gasteiger partial charge in [0.05, 0.1) is 12.2 Å². The summed E-state index contributed by atoms with van der Waals surface area (Å²) in [6.07, 6.45) is 19.9. The lowest BCUT2D eigenvalue weighted by Crippen LogP contribution is -1.93. The van der Waals surface area contributed by atoms with Gasteiger partial charge in [0.2, 0.25) is 0 Å². The Hall–Kier alpha value is -1.09. The molecular formula is C18H30O3. The highest BCUT2D eigenvalue weighted by Crippen LogP contribution is 2.29. The number of carboxylic acids is 1. The quantitative estimate of drug-likeness (QED) is 0.299. The maximum atomic E-state index is 10.3. The first-order valence-corrected chi connectivity index (χ1v) is 8.41. The topological polar surface area (TPSA) is 49.8 Å². The van der Waals surface area contributed by atoms with Gasteiger partial charge in [-0.15, -0.1) is 0 Å². The second-order valence-electron chi connectivity index (χ2n) is 5.74. The number of rotatable bonds is 13. The average Bonchev–Trinajstić information content (AvgIpc) is 3.19. The predicted octanol–water partition coefficient (Wildman–Crippen LogP) is 4.87. The molecule has 21 heavy (non-hydrogen) atoms. The Balaban J connectivity index is 1.84. The van der Waals surface area contributed by atoms with Gasteiger partial charge >= 0.3 is 5.97 Å². The van der Waals surface area contributed by atoms with Gasteiger partial charge in [-0.05, 0) is 38.5 Å². The summed E-state index contributed by atoms with van der Waals surface area (Å²) in [4.78, 5) is 10.3. The van der Waals surface area contributed by atoms with Gasteiger partial charge in [-0.3, -0.25) is 4.79 Å². The number of aliphatic carboxylic acids is 1. The van der Waals surface area contributed by atoms with E-state index in [2.05, 4.69) is 31.2 Å². The highest BCUT2D eigenvalue weighted by Gasteiger charge is 2.35. The van der Waals surface area contributed by atoms with Gasteiger partial charge in [-0.1, -0.05) is 50.5 Å². The van der Waals surface area contributed by atoms with Crippen LogP contribution in [0.4, 0.5) is 0 Å². The molecule has 0 bridgehead atoms. The third-order valence-corrected chi connectivity index (χ3v) is 3.75. The SMILES string of the molecule is CC/C=C\C[C@@H]1O[C@@H]1C/C=C\CCCCCCCC(=O)O. The van der Waals surface area contributed by atoms with E-state index in [-0.39, 0.29) is 0 Å². The number of carbonyl (C=O) groups is 1. The molecule has 0 aromatic carbocycles. The van der Waals surface area contributed by atoms with Crippen LogP contribution in [0.1, 0.15) is 71.1 Å². The van der Waals surface area contributed by atoms with Crippen LogP contribution in [0.3, 0.4) is 0 Å². The van der Waals surface area contributed by atoms with Crippen LogP contribution in [0, 0.1) is 0 Å². The first kappa shape index (κ1) is 18.0. The van der Waals surface area contributed by atoms with Crippen molar-refractivity contribution >= 4 is 5.97 Å². The molecule has 0 radical (unpaired) electrons. The molecule has 0 aromatic rings. The van der Waals surface area contributed by atoms with Crippen molar-refractivity contribution in [2.45, 2.75) is 83.3 Å². The lowest BCUT2D eigenvalue weighted by Gasteiger charge is -1.98. The zero-order valence-corrected chi connectivity index (χ0v) is 13.3. The molecule has 0 spiro atoms. The third-order valence-electron chi connectivity index (χ3n) is 3.75. The molecule has 0 aromatic heterocycles. The van der Waals surface area contributed by atoms with Gasteiger partial charge in [-0.2, -0.15) is 0 Å². The molecule has 1 rings (SSSR count). The zero-order valence-electron chi connectivity index (χ0n) is 13.3. The molecule has 0 amide bonds. The summed E-state index contributed by atoms with van der Waals surface area (Å²) in [6.45, 7) is 2.15. The molecule has 0 aliphatic carbocycles. The summed E-state index contributed by atoms with van der Waals surface area (Å²) in [5.41, 5.74) is 0. The maximum absolute atomic E-state index is 10.3. The number of hydrogen-bond acceptors (Lipinski definition) is 2. The van der Waals surface area contributed by atoms with Crippen LogP contribution in [0.2, 0.25) is 0 Å². The summed E-state index contributed by atoms with van der Waals surface area (Å²) >= 11 is 0. The number of unbranched alkanes of at least 4 members (excludes halogenated alkanes) is 5. The number of carboxylic acid groups (broad SMARTS) is 1. The van der Waals surface area contributed by atoms with E-state index in [1.807, 2.05) is 0 Å². The van der Waals surface area contributed by atoms with Crippen LogP contribution in [0.5, 0.6) is 0 Å². The van der Waals surface area contributed by atoms with Crippen molar-refractivity contribution in [3.05, 3.63) is 24.3 Å². The molecule has 3 heteroatoms. The number of hydrogen-bond donors (Lipinski definition) is 1. The predicted molar refractivity (Wildman–Crippen MR) is 86.4 cm³/mol. The fourth-order valence-electron chi connectivity index (χ4n) is 2.41. The van der Waals surface area contributed by atoms with Crippen LogP contribution < -0.4 is 0 Å². The number of ether oxygens (including phenoxy) is 1. The Bertz CT molecular complexity index is 333. The maximum Gasteiger partial charge on any atom is 0.303 e. The summed E-state index contributed by atoms with van der Waals surface area (Å²) in [6, 6.07) is 0. The smallest absolute Gasteiger partial charge is 0.303 e. The van der Waals surface area contributed by atoms with Crippen molar-refractivity contribution in [3.63, 3.8) is 0 Å². The zero-order chi connectivity index (χ0) is 15.3. The molecule has 2 atom stereocenters. The van der Waals surface area contributed by atoms with E-state index in [0.717, 1.165) is 44.9 Å². The summed E-state index contributed by atoms with van der Waals surface area (Å²) < 4.78 is 5.60. The minimum Gasteiger partial charge on any atom is -0.481 e. The van der Waals surface area contributed by atoms with Crippen LogP contribution in [-0.4, -0.2) is 23.3 Å². The first-order valence-electron chi connectivity index (χ1n) is 8.41. The molecule has 3 nitrogen and oxygen atoms in total. The van der Waals surface area contributed by atoms with E-state index in [0.29, 0.717) is 18.6 Å². The second-order valence-corrected chi connectivity index (χ2v) is 5.74. The standard InChI is InChI=1S/C18H30O3/c1-2-3-10-13-16-17(21-16)14-11-8-6-4-5-7-9-12-15-18(19)20/h3,8,10-11,16-17H,2,4-7,9,12-15H2,1H3,(H,19,20)/b10-3-,11-8-/t16-,17+/m0/s1. The Morgan fingerprint density at radius 3 is 2.24 bits per heavy atom. The molecular weight excluding hydrogens is 264 g/mol. The summed E-state index contributed by atoms with van der Waals surface area (Å²) in [7, 11) is 0. The molecule has 1 heterocycles. The van der Waals surface area contributed by atoms with Gasteiger partial charge in [0.15, 0.2) is 0 Å². The van der Waals surface area contributed by atoms with Crippen LogP contribution in [0.25, 0.3) is 0 Å². The van der Waals surface area contributed by atoms with Gasteiger partial charge in [0.1, 0.15) is 0 Å². The monoisotopic (exact) mass is 294 g/mol. The molecule has 0 saturated carbocycles. The minimum atomic E-state index is -0.677. The van der Waals surface area contributed by atoms with Crippen molar-refractivity contribution in [3.8, 4) is 0 Å². The Morgan fingerprint density at radius 1 is 0.952 bits per heavy atom. The van der Waals surface area contributed by atoms with E-state index < -0.39 is 5.97 Å². The molecule has 1 fully saturated rings. The number of allylic oxidation sites excluding steroid dienone is 2. The highest BCUT2D eigenvalue weighted by atomic mass is 16.6. The van der Waals surface area contributed by atoms with E-state index in [4.69, 9.17) is 9.84 Å². The molecule has 120 valence electrons. The van der Waals surface area contributed by atoms with Crippen molar-refractivity contribution in [1.29, 1.82) is 0 Å². The van der Waals surface area contributed by atoms with Gasteiger partial charge < -0.3 is 9.84 Å². The van der Waals surface area contributed by atoms with Gasteiger partial charge in [-0.25, -0.2) is 0 Å². The van der Waals surface area contributed by atoms with Gasteiger partial charge in [0, 0.05) is 6.42 Å². The molecule has 1 aliphatic heterocycles. The van der Waals surface area contributed by atoms with Crippen LogP contribution in [0.15, 0.2) is 24.3 Å². The van der Waals surface area contributed by atoms with E-state index in [9.17, 15) is 4.79 Å². The highest BCUT2D eigenvalue weighted by molar-refractivity contribution is 5.66. The summed E-state index contributed by atoms with van der Waals surface area (Å²) in [5, 5.41) is 8.52. The second kappa shape index (κ2) is 11.6. The van der Waals surface area contributed by atoms with E-state index in [1.165, 1.54) is 12.8 Å². The Labute approximate surface area is 129 Å². The van der Waals surface area contributed by atoms with Gasteiger partial charge in [0.25, 0.3) is 0 Å². The van der Waals surface area contributed by atoms with E-state index in [1.54, 1.807) is 0 Å². The van der Waals surface area contributed by atoms with Crippen molar-refractivity contribution in [1.82, 2.24) is 0 Å². The van der Waals surface area contributed by atoms with Crippen LogP contribution in [-0.2, 0) is 9.53 Å².